The fraction of sp³-hybridized carbons (Fsp3) is 0.238. The zero-order chi connectivity index (χ0) is 21.0. The summed E-state index contributed by atoms with van der Waals surface area (Å²) in [5.41, 5.74) is 0.593. The number of rotatable bonds is 7. The van der Waals surface area contributed by atoms with Gasteiger partial charge < -0.3 is 28.1 Å². The van der Waals surface area contributed by atoms with Gasteiger partial charge in [0.25, 0.3) is 0 Å². The second-order valence-electron chi connectivity index (χ2n) is 5.91. The van der Waals surface area contributed by atoms with Gasteiger partial charge in [-0.2, -0.15) is 0 Å². The molecule has 0 N–H and O–H groups in total. The molecule has 0 fully saturated rings. The lowest BCUT2D eigenvalue weighted by Gasteiger charge is -2.12. The minimum absolute atomic E-state index is 0.251. The van der Waals surface area contributed by atoms with E-state index in [1.165, 1.54) is 46.6 Å². The van der Waals surface area contributed by atoms with Crippen LogP contribution in [-0.2, 0) is 9.53 Å². The molecule has 0 aliphatic carbocycles. The second-order valence-corrected chi connectivity index (χ2v) is 5.91. The Morgan fingerprint density at radius 3 is 2.28 bits per heavy atom. The van der Waals surface area contributed by atoms with Crippen molar-refractivity contribution in [3.8, 4) is 34.3 Å². The molecule has 152 valence electrons. The number of carbonyl (C=O) groups is 1. The molecule has 8 nitrogen and oxygen atoms in total. The van der Waals surface area contributed by atoms with E-state index >= 15 is 0 Å². The first-order valence-electron chi connectivity index (χ1n) is 8.58. The molecule has 3 aromatic rings. The van der Waals surface area contributed by atoms with Crippen LogP contribution in [0.1, 0.15) is 0 Å². The minimum Gasteiger partial charge on any atom is -0.496 e. The lowest BCUT2D eigenvalue weighted by atomic mass is 10.1. The van der Waals surface area contributed by atoms with Crippen LogP contribution in [0.3, 0.4) is 0 Å². The van der Waals surface area contributed by atoms with Gasteiger partial charge in [-0.15, -0.1) is 0 Å². The van der Waals surface area contributed by atoms with E-state index in [9.17, 15) is 9.59 Å². The molecule has 0 saturated heterocycles. The van der Waals surface area contributed by atoms with Crippen LogP contribution >= 0.6 is 0 Å². The highest BCUT2D eigenvalue weighted by Gasteiger charge is 2.16. The highest BCUT2D eigenvalue weighted by atomic mass is 16.6. The summed E-state index contributed by atoms with van der Waals surface area (Å²) < 4.78 is 31.8. The van der Waals surface area contributed by atoms with E-state index in [-0.39, 0.29) is 28.8 Å². The van der Waals surface area contributed by atoms with Crippen LogP contribution in [0.15, 0.2) is 45.6 Å². The average Bonchev–Trinajstić information content (AvgIpc) is 2.75. The summed E-state index contributed by atoms with van der Waals surface area (Å²) in [6.45, 7) is -0.287. The number of ether oxygens (including phenoxy) is 5. The van der Waals surface area contributed by atoms with Gasteiger partial charge in [0.1, 0.15) is 28.2 Å². The van der Waals surface area contributed by atoms with Gasteiger partial charge in [0.2, 0.25) is 0 Å². The molecule has 0 unspecified atom stereocenters. The van der Waals surface area contributed by atoms with Crippen LogP contribution in [0.25, 0.3) is 22.3 Å². The van der Waals surface area contributed by atoms with E-state index in [0.29, 0.717) is 28.6 Å². The molecule has 0 radical (unpaired) electrons. The Labute approximate surface area is 166 Å². The molecule has 1 heterocycles. The first kappa shape index (κ1) is 20.1. The highest BCUT2D eigenvalue weighted by Crippen LogP contribution is 2.35. The molecule has 0 atom stereocenters. The Balaban J connectivity index is 2.11. The predicted molar refractivity (Wildman–Crippen MR) is 105 cm³/mol. The van der Waals surface area contributed by atoms with Gasteiger partial charge in [0, 0.05) is 23.8 Å². The number of hydrogen-bond donors (Lipinski definition) is 0. The number of hydrogen-bond acceptors (Lipinski definition) is 8. The van der Waals surface area contributed by atoms with E-state index in [4.69, 9.17) is 23.4 Å². The molecule has 3 rings (SSSR count). The zero-order valence-corrected chi connectivity index (χ0v) is 16.4. The first-order valence-corrected chi connectivity index (χ1v) is 8.58. The van der Waals surface area contributed by atoms with Gasteiger partial charge in [-0.3, -0.25) is 4.79 Å². The molecule has 0 aliphatic rings. The predicted octanol–water partition coefficient (Wildman–Crippen LogP) is 3.04. The summed E-state index contributed by atoms with van der Waals surface area (Å²) in [4.78, 5) is 24.1. The Morgan fingerprint density at radius 2 is 1.62 bits per heavy atom. The Hall–Kier alpha value is -3.68. The summed E-state index contributed by atoms with van der Waals surface area (Å²) in [6, 6.07) is 9.58. The van der Waals surface area contributed by atoms with Crippen molar-refractivity contribution in [3.05, 3.63) is 46.6 Å². The molecule has 8 heteroatoms. The van der Waals surface area contributed by atoms with Crippen LogP contribution in [0, 0.1) is 0 Å². The maximum atomic E-state index is 12.7. The molecule has 29 heavy (non-hydrogen) atoms. The summed E-state index contributed by atoms with van der Waals surface area (Å²) in [5.74, 6) is 1.42. The lowest BCUT2D eigenvalue weighted by Crippen LogP contribution is -2.12. The third-order valence-corrected chi connectivity index (χ3v) is 4.24. The maximum Gasteiger partial charge on any atom is 0.343 e. The minimum atomic E-state index is -0.537. The Morgan fingerprint density at radius 1 is 0.897 bits per heavy atom. The van der Waals surface area contributed by atoms with Crippen LogP contribution in [-0.4, -0.2) is 41.0 Å². The van der Waals surface area contributed by atoms with E-state index < -0.39 is 5.97 Å². The number of methoxy groups -OCH3 is 4. The average molecular weight is 400 g/mol. The van der Waals surface area contributed by atoms with Gasteiger partial charge >= 0.3 is 5.97 Å². The van der Waals surface area contributed by atoms with Gasteiger partial charge in [-0.1, -0.05) is 0 Å². The fourth-order valence-corrected chi connectivity index (χ4v) is 2.81. The van der Waals surface area contributed by atoms with Crippen molar-refractivity contribution < 1.29 is 32.9 Å². The fourth-order valence-electron chi connectivity index (χ4n) is 2.81. The maximum absolute atomic E-state index is 12.7. The summed E-state index contributed by atoms with van der Waals surface area (Å²) >= 11 is 0. The molecule has 0 saturated carbocycles. The lowest BCUT2D eigenvalue weighted by molar-refractivity contribution is -0.142. The second kappa shape index (κ2) is 8.55. The van der Waals surface area contributed by atoms with Crippen molar-refractivity contribution in [3.63, 3.8) is 0 Å². The van der Waals surface area contributed by atoms with Gasteiger partial charge in [-0.25, -0.2) is 4.79 Å². The molecule has 0 aliphatic heterocycles. The normalized spacial score (nSPS) is 10.5. The van der Waals surface area contributed by atoms with Crippen LogP contribution in [0.5, 0.6) is 23.0 Å². The summed E-state index contributed by atoms with van der Waals surface area (Å²) in [6.07, 6.45) is 0. The quantitative estimate of drug-likeness (QED) is 0.559. The van der Waals surface area contributed by atoms with Crippen LogP contribution < -0.4 is 24.4 Å². The van der Waals surface area contributed by atoms with Crippen molar-refractivity contribution in [1.82, 2.24) is 0 Å². The number of carbonyl (C=O) groups excluding carboxylic acids is 1. The SMILES string of the molecule is COC(=O)COc1cc(OC)c2c(=O)cc(-c3ccc(OC)c(OC)c3)oc2c1. The first-order chi connectivity index (χ1) is 14.0. The van der Waals surface area contributed by atoms with E-state index in [1.54, 1.807) is 18.2 Å². The Kier molecular flexibility index (Phi) is 5.92. The number of benzene rings is 2. The van der Waals surface area contributed by atoms with Crippen molar-refractivity contribution in [2.75, 3.05) is 35.0 Å². The highest BCUT2D eigenvalue weighted by molar-refractivity contribution is 5.86. The van der Waals surface area contributed by atoms with Crippen molar-refractivity contribution in [1.29, 1.82) is 0 Å². The standard InChI is InChI=1S/C21H20O8/c1-24-15-6-5-12(7-17(15)25-2)16-10-14(22)21-18(26-3)8-13(9-19(21)29-16)28-11-20(23)27-4/h5-10H,11H2,1-4H3. The van der Waals surface area contributed by atoms with E-state index in [0.717, 1.165) is 0 Å². The van der Waals surface area contributed by atoms with Gasteiger partial charge in [0.05, 0.1) is 28.4 Å². The van der Waals surface area contributed by atoms with Crippen molar-refractivity contribution in [2.24, 2.45) is 0 Å². The van der Waals surface area contributed by atoms with Crippen LogP contribution in [0.2, 0.25) is 0 Å². The third kappa shape index (κ3) is 4.11. The monoisotopic (exact) mass is 400 g/mol. The number of esters is 1. The molecule has 1 aromatic heterocycles. The molecule has 2 aromatic carbocycles. The molecular weight excluding hydrogens is 380 g/mol. The number of fused-ring (bicyclic) bond motifs is 1. The summed E-state index contributed by atoms with van der Waals surface area (Å²) in [5, 5.41) is 0.266. The molecular formula is C21H20O8. The van der Waals surface area contributed by atoms with Gasteiger partial charge in [0.15, 0.2) is 23.5 Å². The molecule has 0 bridgehead atoms. The van der Waals surface area contributed by atoms with E-state index in [2.05, 4.69) is 4.74 Å². The van der Waals surface area contributed by atoms with Gasteiger partial charge in [-0.05, 0) is 18.2 Å². The topological polar surface area (TPSA) is 93.4 Å². The van der Waals surface area contributed by atoms with Crippen molar-refractivity contribution >= 4 is 16.9 Å². The molecule has 0 spiro atoms. The Bertz CT molecular complexity index is 1100. The largest absolute Gasteiger partial charge is 0.496 e. The molecule has 0 amide bonds. The smallest absolute Gasteiger partial charge is 0.343 e. The van der Waals surface area contributed by atoms with E-state index in [1.807, 2.05) is 0 Å². The van der Waals surface area contributed by atoms with Crippen LogP contribution in [0.4, 0.5) is 0 Å². The summed E-state index contributed by atoms with van der Waals surface area (Å²) in [7, 11) is 5.76. The zero-order valence-electron chi connectivity index (χ0n) is 16.4. The third-order valence-electron chi connectivity index (χ3n) is 4.24. The van der Waals surface area contributed by atoms with Crippen molar-refractivity contribution in [2.45, 2.75) is 0 Å².